The molecule has 2 aromatic carbocycles. The average molecular weight is 324 g/mol. The van der Waals surface area contributed by atoms with Gasteiger partial charge >= 0.3 is 0 Å². The Hall–Kier alpha value is -2.16. The van der Waals surface area contributed by atoms with Crippen molar-refractivity contribution in [1.82, 2.24) is 0 Å². The van der Waals surface area contributed by atoms with E-state index in [1.54, 1.807) is 7.11 Å². The van der Waals surface area contributed by atoms with Crippen LogP contribution < -0.4 is 15.0 Å². The van der Waals surface area contributed by atoms with Crippen LogP contribution in [0.2, 0.25) is 0 Å². The fourth-order valence-electron chi connectivity index (χ4n) is 3.59. The Morgan fingerprint density at radius 1 is 1.12 bits per heavy atom. The highest BCUT2D eigenvalue weighted by Crippen LogP contribution is 2.31. The van der Waals surface area contributed by atoms with Gasteiger partial charge in [0.2, 0.25) is 0 Å². The van der Waals surface area contributed by atoms with E-state index in [0.29, 0.717) is 12.1 Å². The lowest BCUT2D eigenvalue weighted by molar-refractivity contribution is 0.414. The number of para-hydroxylation sites is 1. The highest BCUT2D eigenvalue weighted by atomic mass is 16.5. The summed E-state index contributed by atoms with van der Waals surface area (Å²) < 4.78 is 5.49. The molecule has 0 bridgehead atoms. The fourth-order valence-corrected chi connectivity index (χ4v) is 3.59. The molecule has 3 heteroatoms. The number of nitrogens with zero attached hydrogens (tertiary/aromatic N) is 1. The molecular weight excluding hydrogens is 296 g/mol. The number of rotatable bonds is 6. The predicted molar refractivity (Wildman–Crippen MR) is 102 cm³/mol. The summed E-state index contributed by atoms with van der Waals surface area (Å²) in [5.41, 5.74) is 5.31. The van der Waals surface area contributed by atoms with E-state index in [4.69, 9.17) is 4.74 Å². The van der Waals surface area contributed by atoms with Crippen LogP contribution in [0, 0.1) is 0 Å². The minimum absolute atomic E-state index is 0.410. The fraction of sp³-hybridized carbons (Fsp3) is 0.429. The smallest absolute Gasteiger partial charge is 0.121 e. The number of benzene rings is 2. The zero-order valence-corrected chi connectivity index (χ0v) is 15.2. The molecule has 1 N–H and O–H groups in total. The van der Waals surface area contributed by atoms with Gasteiger partial charge in [0, 0.05) is 36.1 Å². The lowest BCUT2D eigenvalue weighted by Gasteiger charge is -2.28. The third-order valence-corrected chi connectivity index (χ3v) is 4.64. The Kier molecular flexibility index (Phi) is 4.98. The summed E-state index contributed by atoms with van der Waals surface area (Å²) in [5, 5.41) is 3.48. The van der Waals surface area contributed by atoms with Crippen LogP contribution in [0.5, 0.6) is 5.75 Å². The van der Waals surface area contributed by atoms with Crippen molar-refractivity contribution in [3.63, 3.8) is 0 Å². The first-order valence-electron chi connectivity index (χ1n) is 8.86. The summed E-state index contributed by atoms with van der Waals surface area (Å²) in [6, 6.07) is 16.1. The molecule has 24 heavy (non-hydrogen) atoms. The second-order valence-corrected chi connectivity index (χ2v) is 6.99. The molecule has 3 nitrogen and oxygen atoms in total. The van der Waals surface area contributed by atoms with E-state index < -0.39 is 0 Å². The second-order valence-electron chi connectivity index (χ2n) is 6.99. The summed E-state index contributed by atoms with van der Waals surface area (Å²) in [4.78, 5) is 2.53. The minimum Gasteiger partial charge on any atom is -0.497 e. The lowest BCUT2D eigenvalue weighted by Crippen LogP contribution is -2.33. The Bertz CT molecular complexity index is 696. The van der Waals surface area contributed by atoms with E-state index in [9.17, 15) is 0 Å². The number of ether oxygens (including phenoxy) is 1. The lowest BCUT2D eigenvalue weighted by atomic mass is 10.0. The van der Waals surface area contributed by atoms with Crippen LogP contribution >= 0.6 is 0 Å². The summed E-state index contributed by atoms with van der Waals surface area (Å²) in [7, 11) is 1.73. The van der Waals surface area contributed by atoms with Crippen molar-refractivity contribution in [3.05, 3.63) is 53.6 Å². The number of nitrogens with one attached hydrogen (secondary N) is 1. The molecule has 128 valence electrons. The third-order valence-electron chi connectivity index (χ3n) is 4.64. The third kappa shape index (κ3) is 3.66. The highest BCUT2D eigenvalue weighted by molar-refractivity contribution is 5.59. The molecule has 3 rings (SSSR count). The standard InChI is InChI=1S/C21H28N2O/c1-15(2)22-19-12-17(13-20(14-19)24-4)11-16(3)23-10-9-18-7-5-6-8-21(18)23/h5-8,12-16,22H,9-11H2,1-4H3. The average Bonchev–Trinajstić information content (AvgIpc) is 2.98. The van der Waals surface area contributed by atoms with Gasteiger partial charge < -0.3 is 15.0 Å². The summed E-state index contributed by atoms with van der Waals surface area (Å²) in [6.07, 6.45) is 2.16. The molecule has 0 amide bonds. The molecule has 0 aliphatic carbocycles. The van der Waals surface area contributed by atoms with E-state index in [1.165, 1.54) is 16.8 Å². The van der Waals surface area contributed by atoms with Gasteiger partial charge in [-0.1, -0.05) is 18.2 Å². The second kappa shape index (κ2) is 7.16. The van der Waals surface area contributed by atoms with Crippen molar-refractivity contribution in [2.24, 2.45) is 0 Å². The number of methoxy groups -OCH3 is 1. The van der Waals surface area contributed by atoms with E-state index >= 15 is 0 Å². The molecule has 1 aliphatic heterocycles. The van der Waals surface area contributed by atoms with E-state index in [-0.39, 0.29) is 0 Å². The first kappa shape index (κ1) is 16.7. The van der Waals surface area contributed by atoms with Crippen LogP contribution in [0.25, 0.3) is 0 Å². The van der Waals surface area contributed by atoms with Crippen molar-refractivity contribution in [2.75, 3.05) is 23.9 Å². The molecule has 0 fully saturated rings. The molecule has 1 unspecified atom stereocenters. The predicted octanol–water partition coefficient (Wildman–Crippen LogP) is 4.51. The van der Waals surface area contributed by atoms with Crippen LogP contribution in [0.3, 0.4) is 0 Å². The number of anilines is 2. The van der Waals surface area contributed by atoms with Crippen molar-refractivity contribution in [1.29, 1.82) is 0 Å². The van der Waals surface area contributed by atoms with Gasteiger partial charge in [-0.05, 0) is 62.9 Å². The zero-order chi connectivity index (χ0) is 17.1. The first-order valence-corrected chi connectivity index (χ1v) is 8.86. The van der Waals surface area contributed by atoms with Crippen LogP contribution in [0.1, 0.15) is 31.9 Å². The van der Waals surface area contributed by atoms with Gasteiger partial charge in [0.05, 0.1) is 7.11 Å². The van der Waals surface area contributed by atoms with Crippen molar-refractivity contribution in [2.45, 2.75) is 45.7 Å². The van der Waals surface area contributed by atoms with Crippen molar-refractivity contribution in [3.8, 4) is 5.75 Å². The van der Waals surface area contributed by atoms with Gasteiger partial charge in [0.25, 0.3) is 0 Å². The molecule has 1 atom stereocenters. The molecule has 1 aliphatic rings. The van der Waals surface area contributed by atoms with Gasteiger partial charge in [-0.25, -0.2) is 0 Å². The maximum atomic E-state index is 5.49. The normalized spacial score (nSPS) is 14.6. The Morgan fingerprint density at radius 3 is 2.67 bits per heavy atom. The first-order chi connectivity index (χ1) is 11.6. The largest absolute Gasteiger partial charge is 0.497 e. The highest BCUT2D eigenvalue weighted by Gasteiger charge is 2.23. The van der Waals surface area contributed by atoms with Gasteiger partial charge in [-0.15, -0.1) is 0 Å². The van der Waals surface area contributed by atoms with Gasteiger partial charge in [-0.3, -0.25) is 0 Å². The molecule has 0 saturated heterocycles. The van der Waals surface area contributed by atoms with E-state index in [1.807, 2.05) is 0 Å². The number of hydrogen-bond acceptors (Lipinski definition) is 3. The van der Waals surface area contributed by atoms with Crippen LogP contribution in [0.15, 0.2) is 42.5 Å². The summed E-state index contributed by atoms with van der Waals surface area (Å²) in [6.45, 7) is 7.74. The maximum Gasteiger partial charge on any atom is 0.121 e. The van der Waals surface area contributed by atoms with E-state index in [2.05, 4.69) is 73.5 Å². The monoisotopic (exact) mass is 324 g/mol. The topological polar surface area (TPSA) is 24.5 Å². The number of fused-ring (bicyclic) bond motifs is 1. The van der Waals surface area contributed by atoms with Gasteiger partial charge in [-0.2, -0.15) is 0 Å². The number of hydrogen-bond donors (Lipinski definition) is 1. The quantitative estimate of drug-likeness (QED) is 0.846. The minimum atomic E-state index is 0.410. The Balaban J connectivity index is 1.78. The van der Waals surface area contributed by atoms with Gasteiger partial charge in [0.15, 0.2) is 0 Å². The summed E-state index contributed by atoms with van der Waals surface area (Å²) >= 11 is 0. The zero-order valence-electron chi connectivity index (χ0n) is 15.2. The summed E-state index contributed by atoms with van der Waals surface area (Å²) in [5.74, 6) is 0.921. The van der Waals surface area contributed by atoms with Crippen molar-refractivity contribution >= 4 is 11.4 Å². The molecular formula is C21H28N2O. The Labute approximate surface area is 145 Å². The molecule has 2 aromatic rings. The molecule has 1 heterocycles. The van der Waals surface area contributed by atoms with Crippen LogP contribution in [-0.4, -0.2) is 25.7 Å². The van der Waals surface area contributed by atoms with E-state index in [0.717, 1.165) is 30.8 Å². The molecule has 0 radical (unpaired) electrons. The van der Waals surface area contributed by atoms with Crippen LogP contribution in [-0.2, 0) is 12.8 Å². The van der Waals surface area contributed by atoms with Gasteiger partial charge in [0.1, 0.15) is 5.75 Å². The molecule has 0 aromatic heterocycles. The SMILES string of the molecule is COc1cc(CC(C)N2CCc3ccccc32)cc(NC(C)C)c1. The van der Waals surface area contributed by atoms with Crippen LogP contribution in [0.4, 0.5) is 11.4 Å². The molecule has 0 spiro atoms. The maximum absolute atomic E-state index is 5.49. The van der Waals surface area contributed by atoms with Crippen molar-refractivity contribution < 1.29 is 4.74 Å². The molecule has 0 saturated carbocycles. The Morgan fingerprint density at radius 2 is 1.92 bits per heavy atom.